The fourth-order valence-corrected chi connectivity index (χ4v) is 2.36. The van der Waals surface area contributed by atoms with Gasteiger partial charge in [-0.25, -0.2) is 5.43 Å². The van der Waals surface area contributed by atoms with Crippen molar-refractivity contribution in [3.8, 4) is 11.5 Å². The van der Waals surface area contributed by atoms with Gasteiger partial charge in [0.05, 0.1) is 11.9 Å². The normalized spacial score (nSPS) is 16.6. The van der Waals surface area contributed by atoms with Crippen LogP contribution in [-0.2, 0) is 11.8 Å². The summed E-state index contributed by atoms with van der Waals surface area (Å²) in [5.74, 6) is 0.846. The molecule has 1 aliphatic rings. The van der Waals surface area contributed by atoms with E-state index in [4.69, 9.17) is 9.47 Å². The predicted octanol–water partition coefficient (Wildman–Crippen LogP) is 1.33. The van der Waals surface area contributed by atoms with E-state index in [1.807, 2.05) is 33.0 Å². The molecule has 1 aromatic heterocycles. The highest BCUT2D eigenvalue weighted by Gasteiger charge is 2.27. The Bertz CT molecular complexity index is 767. The molecule has 0 aliphatic carbocycles. The van der Waals surface area contributed by atoms with Crippen molar-refractivity contribution in [3.05, 3.63) is 41.2 Å². The van der Waals surface area contributed by atoms with Crippen LogP contribution in [0.1, 0.15) is 17.0 Å². The van der Waals surface area contributed by atoms with E-state index in [1.54, 1.807) is 23.0 Å². The van der Waals surface area contributed by atoms with Crippen molar-refractivity contribution >= 4 is 12.1 Å². The van der Waals surface area contributed by atoms with Gasteiger partial charge >= 0.3 is 0 Å². The summed E-state index contributed by atoms with van der Waals surface area (Å²) in [6, 6.07) is 7.25. The lowest BCUT2D eigenvalue weighted by atomic mass is 10.2. The fraction of sp³-hybridized carbons (Fsp3) is 0.312. The molecule has 7 heteroatoms. The van der Waals surface area contributed by atoms with Crippen molar-refractivity contribution in [2.24, 2.45) is 12.1 Å². The van der Waals surface area contributed by atoms with E-state index in [0.29, 0.717) is 11.5 Å². The largest absolute Gasteiger partial charge is 0.485 e. The van der Waals surface area contributed by atoms with Gasteiger partial charge in [-0.3, -0.25) is 9.48 Å². The number of amides is 1. The van der Waals surface area contributed by atoms with E-state index in [-0.39, 0.29) is 12.5 Å². The van der Waals surface area contributed by atoms with Crippen molar-refractivity contribution in [1.29, 1.82) is 0 Å². The van der Waals surface area contributed by atoms with Gasteiger partial charge in [-0.2, -0.15) is 10.2 Å². The van der Waals surface area contributed by atoms with Crippen LogP contribution in [0.2, 0.25) is 0 Å². The minimum atomic E-state index is -0.724. The molecule has 0 spiro atoms. The van der Waals surface area contributed by atoms with E-state index >= 15 is 0 Å². The zero-order chi connectivity index (χ0) is 16.4. The second kappa shape index (κ2) is 6.12. The van der Waals surface area contributed by atoms with Gasteiger partial charge in [-0.15, -0.1) is 0 Å². The summed E-state index contributed by atoms with van der Waals surface area (Å²) < 4.78 is 12.9. The van der Waals surface area contributed by atoms with Gasteiger partial charge in [0.2, 0.25) is 6.10 Å². The van der Waals surface area contributed by atoms with Crippen LogP contribution >= 0.6 is 0 Å². The van der Waals surface area contributed by atoms with Crippen LogP contribution in [0.25, 0.3) is 0 Å². The first-order valence-corrected chi connectivity index (χ1v) is 7.28. The quantitative estimate of drug-likeness (QED) is 0.685. The highest BCUT2D eigenvalue weighted by Crippen LogP contribution is 2.30. The smallest absolute Gasteiger partial charge is 0.284 e. The van der Waals surface area contributed by atoms with Gasteiger partial charge in [-0.05, 0) is 26.0 Å². The number of hydrogen-bond donors (Lipinski definition) is 1. The van der Waals surface area contributed by atoms with E-state index in [2.05, 4.69) is 15.6 Å². The Balaban J connectivity index is 1.63. The van der Waals surface area contributed by atoms with Crippen molar-refractivity contribution in [2.45, 2.75) is 20.0 Å². The molecule has 3 rings (SSSR count). The molecule has 0 unspecified atom stereocenters. The molecule has 2 heterocycles. The van der Waals surface area contributed by atoms with Crippen LogP contribution in [0.4, 0.5) is 0 Å². The Morgan fingerprint density at radius 2 is 2.13 bits per heavy atom. The number of hydrogen-bond acceptors (Lipinski definition) is 5. The lowest BCUT2D eigenvalue weighted by Crippen LogP contribution is -2.42. The molecule has 0 bridgehead atoms. The lowest BCUT2D eigenvalue weighted by molar-refractivity contribution is -0.130. The maximum Gasteiger partial charge on any atom is 0.284 e. The molecule has 1 amide bonds. The number of aryl methyl sites for hydroxylation is 2. The Morgan fingerprint density at radius 3 is 2.83 bits per heavy atom. The Kier molecular flexibility index (Phi) is 4.01. The van der Waals surface area contributed by atoms with Crippen molar-refractivity contribution in [3.63, 3.8) is 0 Å². The Labute approximate surface area is 133 Å². The Hall–Kier alpha value is -2.83. The molecule has 0 fully saturated rings. The van der Waals surface area contributed by atoms with Crippen LogP contribution in [0.15, 0.2) is 29.4 Å². The average molecular weight is 314 g/mol. The average Bonchev–Trinajstić information content (AvgIpc) is 2.80. The van der Waals surface area contributed by atoms with E-state index in [0.717, 1.165) is 17.0 Å². The lowest BCUT2D eigenvalue weighted by Gasteiger charge is -2.24. The van der Waals surface area contributed by atoms with Gasteiger partial charge in [0.15, 0.2) is 11.5 Å². The number of carbonyl (C=O) groups is 1. The first-order chi connectivity index (χ1) is 11.1. The standard InChI is InChI=1S/C16H18N4O3/c1-10-12(11(2)20(3)19-10)8-17-18-16(21)15-9-22-13-6-4-5-7-14(13)23-15/h4-8,15H,9H2,1-3H3,(H,18,21)/b17-8-/t15-/m0/s1. The second-order valence-electron chi connectivity index (χ2n) is 5.31. The van der Waals surface area contributed by atoms with E-state index < -0.39 is 6.10 Å². The third kappa shape index (κ3) is 3.03. The summed E-state index contributed by atoms with van der Waals surface area (Å²) in [6.07, 6.45) is 0.867. The molecule has 1 aromatic carbocycles. The molecule has 1 N–H and O–H groups in total. The highest BCUT2D eigenvalue weighted by molar-refractivity contribution is 5.86. The summed E-state index contributed by atoms with van der Waals surface area (Å²) in [7, 11) is 1.86. The van der Waals surface area contributed by atoms with Crippen molar-refractivity contribution in [2.75, 3.05) is 6.61 Å². The second-order valence-corrected chi connectivity index (χ2v) is 5.31. The van der Waals surface area contributed by atoms with Gasteiger partial charge in [-0.1, -0.05) is 12.1 Å². The topological polar surface area (TPSA) is 77.7 Å². The summed E-state index contributed by atoms with van der Waals surface area (Å²) >= 11 is 0. The number of ether oxygens (including phenoxy) is 2. The molecule has 1 atom stereocenters. The minimum absolute atomic E-state index is 0.156. The molecule has 120 valence electrons. The molecule has 0 saturated heterocycles. The molecule has 0 saturated carbocycles. The summed E-state index contributed by atoms with van der Waals surface area (Å²) in [6.45, 7) is 3.99. The van der Waals surface area contributed by atoms with E-state index in [9.17, 15) is 4.79 Å². The zero-order valence-electron chi connectivity index (χ0n) is 13.2. The van der Waals surface area contributed by atoms with Crippen LogP contribution < -0.4 is 14.9 Å². The number of hydrazone groups is 1. The number of aromatic nitrogens is 2. The zero-order valence-corrected chi connectivity index (χ0v) is 13.2. The minimum Gasteiger partial charge on any atom is -0.485 e. The number of carbonyl (C=O) groups excluding carboxylic acids is 1. The third-order valence-corrected chi connectivity index (χ3v) is 3.73. The number of rotatable bonds is 3. The van der Waals surface area contributed by atoms with Crippen molar-refractivity contribution < 1.29 is 14.3 Å². The predicted molar refractivity (Wildman–Crippen MR) is 84.8 cm³/mol. The molecule has 23 heavy (non-hydrogen) atoms. The first kappa shape index (κ1) is 15.1. The van der Waals surface area contributed by atoms with Gasteiger partial charge in [0.25, 0.3) is 5.91 Å². The number of nitrogens with one attached hydrogen (secondary N) is 1. The SMILES string of the molecule is Cc1nn(C)c(C)c1/C=N\NC(=O)[C@@H]1COc2ccccc2O1. The number of para-hydroxylation sites is 2. The molecular formula is C16H18N4O3. The maximum atomic E-state index is 12.1. The van der Waals surface area contributed by atoms with Gasteiger partial charge in [0.1, 0.15) is 6.61 Å². The molecule has 1 aliphatic heterocycles. The van der Waals surface area contributed by atoms with Gasteiger partial charge in [0, 0.05) is 18.3 Å². The summed E-state index contributed by atoms with van der Waals surface area (Å²) in [4.78, 5) is 12.1. The number of benzene rings is 1. The summed E-state index contributed by atoms with van der Waals surface area (Å²) in [5, 5.41) is 8.29. The fourth-order valence-electron chi connectivity index (χ4n) is 2.36. The molecule has 7 nitrogen and oxygen atoms in total. The van der Waals surface area contributed by atoms with Crippen LogP contribution in [-0.4, -0.2) is 34.6 Å². The Morgan fingerprint density at radius 1 is 1.39 bits per heavy atom. The third-order valence-electron chi connectivity index (χ3n) is 3.73. The number of nitrogens with zero attached hydrogens (tertiary/aromatic N) is 3. The first-order valence-electron chi connectivity index (χ1n) is 7.28. The van der Waals surface area contributed by atoms with Crippen molar-refractivity contribution in [1.82, 2.24) is 15.2 Å². The maximum absolute atomic E-state index is 12.1. The molecular weight excluding hydrogens is 296 g/mol. The van der Waals surface area contributed by atoms with E-state index in [1.165, 1.54) is 0 Å². The van der Waals surface area contributed by atoms with Crippen LogP contribution in [0.3, 0.4) is 0 Å². The molecule has 2 aromatic rings. The van der Waals surface area contributed by atoms with Gasteiger partial charge < -0.3 is 9.47 Å². The monoisotopic (exact) mass is 314 g/mol. The molecule has 0 radical (unpaired) electrons. The summed E-state index contributed by atoms with van der Waals surface area (Å²) in [5.41, 5.74) is 5.21. The van der Waals surface area contributed by atoms with Crippen LogP contribution in [0.5, 0.6) is 11.5 Å². The highest BCUT2D eigenvalue weighted by atomic mass is 16.6. The van der Waals surface area contributed by atoms with Crippen LogP contribution in [0, 0.1) is 13.8 Å². The number of fused-ring (bicyclic) bond motifs is 1.